The summed E-state index contributed by atoms with van der Waals surface area (Å²) in [7, 11) is 1.50. The summed E-state index contributed by atoms with van der Waals surface area (Å²) >= 11 is 7.28. The molecule has 0 radical (unpaired) electrons. The second kappa shape index (κ2) is 11.7. The predicted molar refractivity (Wildman–Crippen MR) is 121 cm³/mol. The van der Waals surface area contributed by atoms with E-state index in [1.807, 2.05) is 11.4 Å². The van der Waals surface area contributed by atoms with Crippen molar-refractivity contribution >= 4 is 35.0 Å². The quantitative estimate of drug-likeness (QED) is 0.302. The van der Waals surface area contributed by atoms with Gasteiger partial charge in [-0.25, -0.2) is 9.78 Å². The lowest BCUT2D eigenvalue weighted by atomic mass is 10.2. The Bertz CT molecular complexity index is 1120. The average Bonchev–Trinajstić information content (AvgIpc) is 3.27. The predicted octanol–water partition coefficient (Wildman–Crippen LogP) is 5.04. The normalized spacial score (nSPS) is 10.5. The molecule has 0 aliphatic heterocycles. The Labute approximate surface area is 194 Å². The standard InChI is InChI=1S/C23H19ClN2O5S/c1-28-21-12-16(2-8-20(21)29-11-10-25)3-9-23(27)31-13-18-15-32-22(26-18)14-30-19-6-4-17(24)5-7-19/h2-9,12,15H,11,13-14H2,1H3/b9-3+. The number of carbonyl (C=O) groups excluding carboxylic acids is 1. The summed E-state index contributed by atoms with van der Waals surface area (Å²) in [6, 6.07) is 14.1. The van der Waals surface area contributed by atoms with Crippen molar-refractivity contribution in [2.45, 2.75) is 13.2 Å². The number of halogens is 1. The minimum Gasteiger partial charge on any atom is -0.493 e. The number of hydrogen-bond donors (Lipinski definition) is 0. The zero-order valence-electron chi connectivity index (χ0n) is 17.1. The number of carbonyl (C=O) groups is 1. The van der Waals surface area contributed by atoms with Gasteiger partial charge in [-0.1, -0.05) is 17.7 Å². The lowest BCUT2D eigenvalue weighted by molar-refractivity contribution is -0.139. The number of methoxy groups -OCH3 is 1. The Morgan fingerprint density at radius 3 is 2.72 bits per heavy atom. The van der Waals surface area contributed by atoms with Gasteiger partial charge in [-0.2, -0.15) is 5.26 Å². The molecular weight excluding hydrogens is 452 g/mol. The molecule has 1 heterocycles. The van der Waals surface area contributed by atoms with Crippen LogP contribution in [0, 0.1) is 11.3 Å². The first-order valence-electron chi connectivity index (χ1n) is 9.41. The molecule has 3 rings (SSSR count). The topological polar surface area (TPSA) is 90.7 Å². The lowest BCUT2D eigenvalue weighted by Crippen LogP contribution is -2.02. The van der Waals surface area contributed by atoms with E-state index >= 15 is 0 Å². The van der Waals surface area contributed by atoms with E-state index in [0.29, 0.717) is 34.6 Å². The molecule has 0 N–H and O–H groups in total. The van der Waals surface area contributed by atoms with Crippen molar-refractivity contribution in [2.24, 2.45) is 0 Å². The van der Waals surface area contributed by atoms with E-state index in [0.717, 1.165) is 10.6 Å². The van der Waals surface area contributed by atoms with Crippen molar-refractivity contribution in [3.63, 3.8) is 0 Å². The van der Waals surface area contributed by atoms with Crippen LogP contribution < -0.4 is 14.2 Å². The van der Waals surface area contributed by atoms with Crippen molar-refractivity contribution in [3.8, 4) is 23.3 Å². The number of thiazole rings is 1. The van der Waals surface area contributed by atoms with Crippen LogP contribution in [0.4, 0.5) is 0 Å². The lowest BCUT2D eigenvalue weighted by Gasteiger charge is -2.08. The Hall–Kier alpha value is -3.54. The third kappa shape index (κ3) is 7.01. The molecular formula is C23H19ClN2O5S. The summed E-state index contributed by atoms with van der Waals surface area (Å²) in [5, 5.41) is 11.9. The van der Waals surface area contributed by atoms with Gasteiger partial charge < -0.3 is 18.9 Å². The fourth-order valence-corrected chi connectivity index (χ4v) is 3.35. The molecule has 7 nitrogen and oxygen atoms in total. The fraction of sp³-hybridized carbons (Fsp3) is 0.174. The first-order chi connectivity index (χ1) is 15.6. The van der Waals surface area contributed by atoms with Crippen molar-refractivity contribution in [1.29, 1.82) is 5.26 Å². The van der Waals surface area contributed by atoms with E-state index in [2.05, 4.69) is 4.98 Å². The van der Waals surface area contributed by atoms with Gasteiger partial charge in [-0.3, -0.25) is 0 Å². The molecule has 164 valence electrons. The molecule has 0 atom stereocenters. The maximum atomic E-state index is 12.0. The maximum Gasteiger partial charge on any atom is 0.331 e. The zero-order chi connectivity index (χ0) is 22.8. The van der Waals surface area contributed by atoms with Gasteiger partial charge in [0.15, 0.2) is 18.1 Å². The minimum atomic E-state index is -0.499. The fourth-order valence-electron chi connectivity index (χ4n) is 2.53. The molecule has 2 aromatic carbocycles. The van der Waals surface area contributed by atoms with Gasteiger partial charge in [0.1, 0.15) is 30.0 Å². The SMILES string of the molecule is COc1cc(/C=C/C(=O)OCc2csc(COc3ccc(Cl)cc3)n2)ccc1OCC#N. The van der Waals surface area contributed by atoms with Crippen molar-refractivity contribution < 1.29 is 23.7 Å². The van der Waals surface area contributed by atoms with Crippen molar-refractivity contribution in [1.82, 2.24) is 4.98 Å². The van der Waals surface area contributed by atoms with E-state index < -0.39 is 5.97 Å². The molecule has 1 aromatic heterocycles. The average molecular weight is 471 g/mol. The number of nitrogens with zero attached hydrogens (tertiary/aromatic N) is 2. The van der Waals surface area contributed by atoms with Gasteiger partial charge in [-0.15, -0.1) is 11.3 Å². The van der Waals surface area contributed by atoms with E-state index in [9.17, 15) is 4.79 Å². The van der Waals surface area contributed by atoms with Gasteiger partial charge in [0.05, 0.1) is 12.8 Å². The molecule has 0 aliphatic carbocycles. The minimum absolute atomic E-state index is 0.0604. The molecule has 3 aromatic rings. The molecule has 0 unspecified atom stereocenters. The molecule has 0 spiro atoms. The molecule has 32 heavy (non-hydrogen) atoms. The van der Waals surface area contributed by atoms with Gasteiger partial charge >= 0.3 is 5.97 Å². The second-order valence-corrected chi connectivity index (χ2v) is 7.65. The van der Waals surface area contributed by atoms with Crippen LogP contribution in [-0.4, -0.2) is 24.7 Å². The molecule has 9 heteroatoms. The number of rotatable bonds is 10. The maximum absolute atomic E-state index is 12.0. The summed E-state index contributed by atoms with van der Waals surface area (Å²) in [6.45, 7) is 0.296. The van der Waals surface area contributed by atoms with Gasteiger partial charge in [-0.05, 0) is 48.0 Å². The summed E-state index contributed by atoms with van der Waals surface area (Å²) in [6.07, 6.45) is 2.92. The first-order valence-corrected chi connectivity index (χ1v) is 10.7. The highest BCUT2D eigenvalue weighted by Crippen LogP contribution is 2.28. The van der Waals surface area contributed by atoms with Crippen LogP contribution in [-0.2, 0) is 22.7 Å². The van der Waals surface area contributed by atoms with Crippen LogP contribution in [0.25, 0.3) is 6.08 Å². The highest BCUT2D eigenvalue weighted by Gasteiger charge is 2.07. The molecule has 0 amide bonds. The summed E-state index contributed by atoms with van der Waals surface area (Å²) in [4.78, 5) is 16.4. The number of benzene rings is 2. The second-order valence-electron chi connectivity index (χ2n) is 6.27. The highest BCUT2D eigenvalue weighted by atomic mass is 35.5. The van der Waals surface area contributed by atoms with Gasteiger partial charge in [0.2, 0.25) is 0 Å². The monoisotopic (exact) mass is 470 g/mol. The number of ether oxygens (including phenoxy) is 4. The number of hydrogen-bond acceptors (Lipinski definition) is 8. The van der Waals surface area contributed by atoms with Crippen molar-refractivity contribution in [2.75, 3.05) is 13.7 Å². The Morgan fingerprint density at radius 1 is 1.16 bits per heavy atom. The highest BCUT2D eigenvalue weighted by molar-refractivity contribution is 7.09. The Morgan fingerprint density at radius 2 is 1.97 bits per heavy atom. The van der Waals surface area contributed by atoms with Crippen LogP contribution >= 0.6 is 22.9 Å². The largest absolute Gasteiger partial charge is 0.493 e. The number of esters is 1. The van der Waals surface area contributed by atoms with Crippen LogP contribution in [0.3, 0.4) is 0 Å². The molecule has 0 bridgehead atoms. The van der Waals surface area contributed by atoms with Crippen molar-refractivity contribution in [3.05, 3.63) is 75.2 Å². The zero-order valence-corrected chi connectivity index (χ0v) is 18.7. The Kier molecular flexibility index (Phi) is 8.49. The van der Waals surface area contributed by atoms with Crippen LogP contribution in [0.5, 0.6) is 17.2 Å². The summed E-state index contributed by atoms with van der Waals surface area (Å²) in [5.74, 6) is 1.12. The molecule has 0 saturated heterocycles. The van der Waals surface area contributed by atoms with E-state index in [1.54, 1.807) is 48.5 Å². The summed E-state index contributed by atoms with van der Waals surface area (Å²) < 4.78 is 21.4. The van der Waals surface area contributed by atoms with Crippen LogP contribution in [0.2, 0.25) is 5.02 Å². The number of aromatic nitrogens is 1. The smallest absolute Gasteiger partial charge is 0.331 e. The Balaban J connectivity index is 1.48. The molecule has 0 aliphatic rings. The summed E-state index contributed by atoms with van der Waals surface area (Å²) in [5.41, 5.74) is 1.37. The van der Waals surface area contributed by atoms with E-state index in [4.69, 9.17) is 35.8 Å². The molecule has 0 saturated carbocycles. The van der Waals surface area contributed by atoms with E-state index in [1.165, 1.54) is 24.5 Å². The third-order valence-electron chi connectivity index (χ3n) is 4.03. The van der Waals surface area contributed by atoms with Crippen LogP contribution in [0.1, 0.15) is 16.3 Å². The first kappa shape index (κ1) is 23.1. The van der Waals surface area contributed by atoms with Gasteiger partial charge in [0.25, 0.3) is 0 Å². The van der Waals surface area contributed by atoms with Gasteiger partial charge in [0, 0.05) is 16.5 Å². The van der Waals surface area contributed by atoms with Crippen LogP contribution in [0.15, 0.2) is 53.9 Å². The van der Waals surface area contributed by atoms with E-state index in [-0.39, 0.29) is 13.2 Å². The number of nitriles is 1. The third-order valence-corrected chi connectivity index (χ3v) is 5.15. The molecule has 0 fully saturated rings.